The molecule has 1 amide bonds. The Hall–Kier alpha value is -2.05. The molecule has 1 aliphatic heterocycles. The number of rotatable bonds is 7. The number of halogens is 1. The largest absolute Gasteiger partial charge is 0.493 e. The monoisotopic (exact) mass is 435 g/mol. The number of carbonyl (C=O) groups is 1. The number of hydrogen-bond acceptors (Lipinski definition) is 4. The quantitative estimate of drug-likeness (QED) is 0.653. The van der Waals surface area contributed by atoms with Crippen molar-refractivity contribution in [1.29, 1.82) is 0 Å². The lowest BCUT2D eigenvalue weighted by Gasteiger charge is -2.28. The summed E-state index contributed by atoms with van der Waals surface area (Å²) in [6.45, 7) is 5.06. The van der Waals surface area contributed by atoms with Gasteiger partial charge in [0.1, 0.15) is 5.75 Å². The fourth-order valence-corrected chi connectivity index (χ4v) is 5.29. The molecule has 0 aliphatic carbocycles. The Labute approximate surface area is 177 Å². The van der Waals surface area contributed by atoms with Gasteiger partial charge in [-0.1, -0.05) is 37.6 Å². The van der Waals surface area contributed by atoms with Gasteiger partial charge in [0.2, 0.25) is 0 Å². The molecule has 7 heteroatoms. The zero-order valence-electron chi connectivity index (χ0n) is 16.7. The van der Waals surface area contributed by atoms with Crippen LogP contribution in [0.5, 0.6) is 5.75 Å². The summed E-state index contributed by atoms with van der Waals surface area (Å²) in [5.41, 5.74) is 1.38. The van der Waals surface area contributed by atoms with Crippen molar-refractivity contribution in [2.75, 3.05) is 18.1 Å². The molecule has 0 spiro atoms. The van der Waals surface area contributed by atoms with Crippen LogP contribution >= 0.6 is 11.6 Å². The van der Waals surface area contributed by atoms with Crippen LogP contribution < -0.4 is 4.74 Å². The highest BCUT2D eigenvalue weighted by Crippen LogP contribution is 2.24. The van der Waals surface area contributed by atoms with Crippen molar-refractivity contribution in [3.8, 4) is 5.75 Å². The lowest BCUT2D eigenvalue weighted by Crippen LogP contribution is -2.40. The molecule has 1 saturated heterocycles. The van der Waals surface area contributed by atoms with Gasteiger partial charge in [0.15, 0.2) is 9.84 Å². The third-order valence-electron chi connectivity index (χ3n) is 4.84. The molecular formula is C22H26ClNO4S. The van der Waals surface area contributed by atoms with Gasteiger partial charge in [-0.2, -0.15) is 0 Å². The molecule has 156 valence electrons. The Kier molecular flexibility index (Phi) is 6.85. The van der Waals surface area contributed by atoms with Gasteiger partial charge in [0.25, 0.3) is 5.91 Å². The maximum absolute atomic E-state index is 13.3. The van der Waals surface area contributed by atoms with Crippen molar-refractivity contribution in [3.63, 3.8) is 0 Å². The molecule has 1 atom stereocenters. The molecule has 1 fully saturated rings. The number of nitrogens with zero attached hydrogens (tertiary/aromatic N) is 1. The highest BCUT2D eigenvalue weighted by molar-refractivity contribution is 7.91. The highest BCUT2D eigenvalue weighted by atomic mass is 35.5. The molecule has 0 aromatic heterocycles. The zero-order valence-corrected chi connectivity index (χ0v) is 18.2. The average Bonchev–Trinajstić information content (AvgIpc) is 3.04. The number of sulfone groups is 1. The molecule has 2 aromatic rings. The van der Waals surface area contributed by atoms with Crippen molar-refractivity contribution in [2.45, 2.75) is 32.9 Å². The van der Waals surface area contributed by atoms with Gasteiger partial charge in [0.05, 0.1) is 18.1 Å². The minimum Gasteiger partial charge on any atom is -0.493 e. The minimum absolute atomic E-state index is 0.00507. The number of benzene rings is 2. The first kappa shape index (κ1) is 21.7. The second kappa shape index (κ2) is 9.18. The van der Waals surface area contributed by atoms with E-state index in [9.17, 15) is 13.2 Å². The summed E-state index contributed by atoms with van der Waals surface area (Å²) in [6.07, 6.45) is 0.449. The van der Waals surface area contributed by atoms with Gasteiger partial charge >= 0.3 is 0 Å². The van der Waals surface area contributed by atoms with Crippen LogP contribution in [0.1, 0.15) is 36.2 Å². The third kappa shape index (κ3) is 5.97. The second-order valence-electron chi connectivity index (χ2n) is 7.85. The molecule has 0 N–H and O–H groups in total. The van der Waals surface area contributed by atoms with Crippen LogP contribution in [0.4, 0.5) is 0 Å². The van der Waals surface area contributed by atoms with E-state index in [2.05, 4.69) is 13.8 Å². The van der Waals surface area contributed by atoms with Crippen molar-refractivity contribution < 1.29 is 17.9 Å². The first-order valence-corrected chi connectivity index (χ1v) is 11.9. The van der Waals surface area contributed by atoms with E-state index in [1.54, 1.807) is 41.3 Å². The Morgan fingerprint density at radius 2 is 1.93 bits per heavy atom. The van der Waals surface area contributed by atoms with E-state index in [4.69, 9.17) is 16.3 Å². The fourth-order valence-electron chi connectivity index (χ4n) is 3.34. The predicted molar refractivity (Wildman–Crippen MR) is 115 cm³/mol. The molecule has 0 bridgehead atoms. The van der Waals surface area contributed by atoms with E-state index in [1.165, 1.54) is 0 Å². The summed E-state index contributed by atoms with van der Waals surface area (Å²) in [5.74, 6) is 1.03. The summed E-state index contributed by atoms with van der Waals surface area (Å²) in [7, 11) is -3.12. The van der Waals surface area contributed by atoms with Crippen LogP contribution in [0.3, 0.4) is 0 Å². The van der Waals surface area contributed by atoms with Gasteiger partial charge in [-0.15, -0.1) is 0 Å². The Bertz CT molecular complexity index is 957. The fraction of sp³-hybridized carbons (Fsp3) is 0.409. The van der Waals surface area contributed by atoms with Crippen molar-refractivity contribution in [1.82, 2.24) is 4.90 Å². The lowest BCUT2D eigenvalue weighted by atomic mass is 10.1. The highest BCUT2D eigenvalue weighted by Gasteiger charge is 2.35. The van der Waals surface area contributed by atoms with Gasteiger partial charge in [-0.3, -0.25) is 4.79 Å². The summed E-state index contributed by atoms with van der Waals surface area (Å²) < 4.78 is 29.7. The van der Waals surface area contributed by atoms with E-state index < -0.39 is 9.84 Å². The standard InChI is InChI=1S/C22H26ClNO4S/c1-16(2)14-28-21-8-6-18(7-9-21)22(25)24(20-10-11-29(26,27)15-20)13-17-4-3-5-19(23)12-17/h3-9,12,16,20H,10-11,13-15H2,1-2H3/t20-/m0/s1. The van der Waals surface area contributed by atoms with E-state index >= 15 is 0 Å². The summed E-state index contributed by atoms with van der Waals surface area (Å²) >= 11 is 6.09. The van der Waals surface area contributed by atoms with Crippen LogP contribution in [0.15, 0.2) is 48.5 Å². The van der Waals surface area contributed by atoms with E-state index in [0.29, 0.717) is 41.8 Å². The SMILES string of the molecule is CC(C)COc1ccc(C(=O)N(Cc2cccc(Cl)c2)[C@H]2CCS(=O)(=O)C2)cc1. The van der Waals surface area contributed by atoms with Crippen LogP contribution in [0.25, 0.3) is 0 Å². The second-order valence-corrected chi connectivity index (χ2v) is 10.5. The van der Waals surface area contributed by atoms with Crippen molar-refractivity contribution in [3.05, 3.63) is 64.7 Å². The maximum Gasteiger partial charge on any atom is 0.254 e. The molecule has 29 heavy (non-hydrogen) atoms. The molecule has 3 rings (SSSR count). The minimum atomic E-state index is -3.12. The molecule has 5 nitrogen and oxygen atoms in total. The molecule has 0 saturated carbocycles. The van der Waals surface area contributed by atoms with Gasteiger partial charge in [0, 0.05) is 23.2 Å². The molecule has 1 aliphatic rings. The van der Waals surface area contributed by atoms with E-state index in [1.807, 2.05) is 12.1 Å². The summed E-state index contributed by atoms with van der Waals surface area (Å²) in [4.78, 5) is 14.9. The first-order valence-electron chi connectivity index (χ1n) is 9.72. The van der Waals surface area contributed by atoms with Crippen LogP contribution in [-0.4, -0.2) is 43.4 Å². The van der Waals surface area contributed by atoms with Crippen LogP contribution in [-0.2, 0) is 16.4 Å². The van der Waals surface area contributed by atoms with Crippen LogP contribution in [0.2, 0.25) is 5.02 Å². The van der Waals surface area contributed by atoms with Gasteiger partial charge in [-0.05, 0) is 54.3 Å². The van der Waals surface area contributed by atoms with Crippen LogP contribution in [0, 0.1) is 5.92 Å². The smallest absolute Gasteiger partial charge is 0.254 e. The number of carbonyl (C=O) groups excluding carboxylic acids is 1. The third-order valence-corrected chi connectivity index (χ3v) is 6.82. The van der Waals surface area contributed by atoms with Gasteiger partial charge < -0.3 is 9.64 Å². The lowest BCUT2D eigenvalue weighted by molar-refractivity contribution is 0.0681. The summed E-state index contributed by atoms with van der Waals surface area (Å²) in [5, 5.41) is 0.584. The molecule has 0 radical (unpaired) electrons. The first-order chi connectivity index (χ1) is 13.7. The normalized spacial score (nSPS) is 18.0. The zero-order chi connectivity index (χ0) is 21.0. The maximum atomic E-state index is 13.3. The molecule has 2 aromatic carbocycles. The topological polar surface area (TPSA) is 63.7 Å². The molecule has 0 unspecified atom stereocenters. The van der Waals surface area contributed by atoms with Gasteiger partial charge in [-0.25, -0.2) is 8.42 Å². The average molecular weight is 436 g/mol. The van der Waals surface area contributed by atoms with E-state index in [-0.39, 0.29) is 23.5 Å². The molecular weight excluding hydrogens is 410 g/mol. The Balaban J connectivity index is 1.82. The Morgan fingerprint density at radius 3 is 2.52 bits per heavy atom. The Morgan fingerprint density at radius 1 is 1.21 bits per heavy atom. The van der Waals surface area contributed by atoms with E-state index in [0.717, 1.165) is 5.56 Å². The number of ether oxygens (including phenoxy) is 1. The molecule has 1 heterocycles. The number of amides is 1. The summed E-state index contributed by atoms with van der Waals surface area (Å²) in [6, 6.07) is 13.9. The predicted octanol–water partition coefficient (Wildman–Crippen LogP) is 4.20. The number of hydrogen-bond donors (Lipinski definition) is 0. The van der Waals surface area contributed by atoms with Crippen molar-refractivity contribution >= 4 is 27.3 Å². The van der Waals surface area contributed by atoms with Crippen molar-refractivity contribution in [2.24, 2.45) is 5.92 Å².